The Bertz CT molecular complexity index is 1270. The number of benzene rings is 5. The second-order valence-electron chi connectivity index (χ2n) is 8.35. The molecule has 1 aliphatic rings. The lowest BCUT2D eigenvalue weighted by Gasteiger charge is -2.38. The van der Waals surface area contributed by atoms with Crippen LogP contribution in [0.4, 0.5) is 0 Å². The van der Waals surface area contributed by atoms with Crippen molar-refractivity contribution in [3.8, 4) is 11.1 Å². The molecule has 1 radical (unpaired) electrons. The van der Waals surface area contributed by atoms with Gasteiger partial charge in [0, 0.05) is 6.42 Å². The van der Waals surface area contributed by atoms with Crippen LogP contribution in [0.15, 0.2) is 133 Å². The van der Waals surface area contributed by atoms with Gasteiger partial charge in [0.1, 0.15) is 0 Å². The van der Waals surface area contributed by atoms with E-state index in [0.717, 1.165) is 0 Å². The van der Waals surface area contributed by atoms with E-state index in [1.54, 1.807) is 0 Å². The van der Waals surface area contributed by atoms with Crippen LogP contribution in [0.3, 0.4) is 0 Å². The van der Waals surface area contributed by atoms with Gasteiger partial charge in [-0.25, -0.2) is 0 Å². The van der Waals surface area contributed by atoms with Crippen LogP contribution in [0.1, 0.15) is 33.4 Å². The fourth-order valence-electron chi connectivity index (χ4n) is 5.34. The number of hydrogen-bond donors (Lipinski definition) is 0. The smallest absolute Gasteiger partial charge is 0.0622 e. The van der Waals surface area contributed by atoms with Crippen molar-refractivity contribution in [2.45, 2.75) is 5.41 Å². The normalized spacial score (nSPS) is 12.2. The van der Waals surface area contributed by atoms with Gasteiger partial charge < -0.3 is 0 Å². The molecule has 0 fully saturated rings. The van der Waals surface area contributed by atoms with E-state index in [1.165, 1.54) is 44.5 Å². The van der Waals surface area contributed by atoms with Crippen LogP contribution >= 0.6 is 0 Å². The van der Waals surface area contributed by atoms with Crippen LogP contribution in [0, 0.1) is 6.42 Å². The quantitative estimate of drug-likeness (QED) is 0.263. The lowest BCUT2D eigenvalue weighted by atomic mass is 9.63. The Morgan fingerprint density at radius 2 is 0.844 bits per heavy atom. The van der Waals surface area contributed by atoms with Gasteiger partial charge in [-0.2, -0.15) is 0 Å². The summed E-state index contributed by atoms with van der Waals surface area (Å²) in [5.41, 5.74) is 9.93. The zero-order valence-electron chi connectivity index (χ0n) is 17.8. The van der Waals surface area contributed by atoms with Crippen molar-refractivity contribution in [1.82, 2.24) is 0 Å². The molecule has 5 aromatic carbocycles. The topological polar surface area (TPSA) is 0 Å². The molecule has 0 saturated heterocycles. The van der Waals surface area contributed by atoms with Crippen molar-refractivity contribution in [2.75, 3.05) is 0 Å². The van der Waals surface area contributed by atoms with Crippen molar-refractivity contribution in [3.05, 3.63) is 173 Å². The third kappa shape index (κ3) is 2.77. The van der Waals surface area contributed by atoms with Gasteiger partial charge in [0.15, 0.2) is 0 Å². The van der Waals surface area contributed by atoms with Crippen LogP contribution in [0.5, 0.6) is 0 Å². The highest BCUT2D eigenvalue weighted by Gasteiger charge is 2.41. The summed E-state index contributed by atoms with van der Waals surface area (Å²) in [7, 11) is 0. The largest absolute Gasteiger partial charge is 0.0704 e. The Hall–Kier alpha value is -3.90. The minimum atomic E-state index is -0.423. The Labute approximate surface area is 189 Å². The van der Waals surface area contributed by atoms with E-state index in [4.69, 9.17) is 0 Å². The first kappa shape index (κ1) is 18.8. The first-order valence-corrected chi connectivity index (χ1v) is 11.1. The molecule has 6 rings (SSSR count). The van der Waals surface area contributed by atoms with Crippen molar-refractivity contribution >= 4 is 0 Å². The summed E-state index contributed by atoms with van der Waals surface area (Å²) in [5.74, 6) is 0. The van der Waals surface area contributed by atoms with Gasteiger partial charge in [-0.05, 0) is 44.5 Å². The van der Waals surface area contributed by atoms with Gasteiger partial charge in [-0.1, -0.05) is 133 Å². The van der Waals surface area contributed by atoms with Crippen LogP contribution in [-0.4, -0.2) is 0 Å². The second-order valence-corrected chi connectivity index (χ2v) is 8.35. The molecule has 0 atom stereocenters. The Balaban J connectivity index is 1.74. The molecule has 0 aliphatic heterocycles. The molecule has 0 amide bonds. The molecule has 0 bridgehead atoms. The van der Waals surface area contributed by atoms with Crippen molar-refractivity contribution in [2.24, 2.45) is 0 Å². The van der Waals surface area contributed by atoms with Crippen LogP contribution < -0.4 is 0 Å². The van der Waals surface area contributed by atoms with Gasteiger partial charge in [-0.15, -0.1) is 0 Å². The molecule has 0 heterocycles. The molecule has 151 valence electrons. The minimum Gasteiger partial charge on any atom is -0.0622 e. The van der Waals surface area contributed by atoms with Gasteiger partial charge in [0.2, 0.25) is 0 Å². The van der Waals surface area contributed by atoms with E-state index in [2.05, 4.69) is 140 Å². The highest BCUT2D eigenvalue weighted by Crippen LogP contribution is 2.50. The first-order valence-electron chi connectivity index (χ1n) is 11.1. The summed E-state index contributed by atoms with van der Waals surface area (Å²) >= 11 is 0. The van der Waals surface area contributed by atoms with E-state index in [0.29, 0.717) is 0 Å². The maximum Gasteiger partial charge on any atom is 0.0704 e. The summed E-state index contributed by atoms with van der Waals surface area (Å²) in [4.78, 5) is 0. The van der Waals surface area contributed by atoms with E-state index in [9.17, 15) is 0 Å². The fraction of sp³-hybridized carbons (Fsp3) is 0.0312. The summed E-state index contributed by atoms with van der Waals surface area (Å²) in [6.07, 6.45) is 2.36. The molecular formula is C32H23. The molecule has 0 heteroatoms. The van der Waals surface area contributed by atoms with E-state index in [1.807, 2.05) is 0 Å². The molecule has 5 aromatic rings. The zero-order chi connectivity index (χ0) is 21.4. The van der Waals surface area contributed by atoms with Gasteiger partial charge in [-0.3, -0.25) is 0 Å². The van der Waals surface area contributed by atoms with E-state index in [-0.39, 0.29) is 0 Å². The van der Waals surface area contributed by atoms with Crippen LogP contribution in [0.25, 0.3) is 11.1 Å². The molecule has 0 nitrogen and oxygen atoms in total. The molecule has 32 heavy (non-hydrogen) atoms. The fourth-order valence-corrected chi connectivity index (χ4v) is 5.34. The van der Waals surface area contributed by atoms with Crippen molar-refractivity contribution in [3.63, 3.8) is 0 Å². The average Bonchev–Trinajstić information content (AvgIpc) is 3.26. The zero-order valence-corrected chi connectivity index (χ0v) is 17.8. The summed E-state index contributed by atoms with van der Waals surface area (Å²) in [6.45, 7) is 0. The highest BCUT2D eigenvalue weighted by atomic mass is 14.4. The molecule has 0 spiro atoms. The summed E-state index contributed by atoms with van der Waals surface area (Å²) in [5, 5.41) is 0. The third-order valence-corrected chi connectivity index (χ3v) is 6.68. The van der Waals surface area contributed by atoms with Crippen LogP contribution in [0.2, 0.25) is 0 Å². The van der Waals surface area contributed by atoms with E-state index < -0.39 is 5.41 Å². The first-order chi connectivity index (χ1) is 15.9. The summed E-state index contributed by atoms with van der Waals surface area (Å²) < 4.78 is 0. The maximum absolute atomic E-state index is 2.36. The summed E-state index contributed by atoms with van der Waals surface area (Å²) in [6, 6.07) is 48.3. The lowest BCUT2D eigenvalue weighted by molar-refractivity contribution is 0.741. The van der Waals surface area contributed by atoms with E-state index >= 15 is 0 Å². The molecule has 1 aliphatic carbocycles. The number of fused-ring (bicyclic) bond motifs is 3. The predicted octanol–water partition coefficient (Wildman–Crippen LogP) is 7.65. The predicted molar refractivity (Wildman–Crippen MR) is 133 cm³/mol. The Morgan fingerprint density at radius 3 is 1.41 bits per heavy atom. The number of rotatable bonds is 4. The molecule has 0 unspecified atom stereocenters. The van der Waals surface area contributed by atoms with Gasteiger partial charge in [0.05, 0.1) is 5.41 Å². The molecule has 0 N–H and O–H groups in total. The molecular weight excluding hydrogens is 384 g/mol. The third-order valence-electron chi connectivity index (χ3n) is 6.68. The Morgan fingerprint density at radius 1 is 0.375 bits per heavy atom. The highest BCUT2D eigenvalue weighted by molar-refractivity contribution is 5.84. The maximum atomic E-state index is 2.36. The molecule has 0 aromatic heterocycles. The second kappa shape index (κ2) is 7.66. The van der Waals surface area contributed by atoms with Crippen LogP contribution in [-0.2, 0) is 5.41 Å². The standard InChI is InChI=1S/C32H23/c1-4-14-25(15-5-1)32(26-16-6-2-7-17-26,27-18-8-3-9-19-27)31-22-12-21-29-28-20-11-10-13-24(28)23-30(29)31/h1-23H. The monoisotopic (exact) mass is 407 g/mol. The van der Waals surface area contributed by atoms with Gasteiger partial charge in [0.25, 0.3) is 0 Å². The Kier molecular flexibility index (Phi) is 4.51. The average molecular weight is 408 g/mol. The van der Waals surface area contributed by atoms with Crippen molar-refractivity contribution in [1.29, 1.82) is 0 Å². The van der Waals surface area contributed by atoms with Crippen molar-refractivity contribution < 1.29 is 0 Å². The lowest BCUT2D eigenvalue weighted by Crippen LogP contribution is -2.32. The number of hydrogen-bond acceptors (Lipinski definition) is 0. The van der Waals surface area contributed by atoms with Gasteiger partial charge >= 0.3 is 0 Å². The molecule has 0 saturated carbocycles. The SMILES string of the molecule is [CH]1c2ccccc2-c2cccc(C(c3ccccc3)(c3ccccc3)c3ccccc3)c21. The minimum absolute atomic E-state index is 0.423.